The second-order valence-electron chi connectivity index (χ2n) is 4.88. The number of aromatic nitrogens is 2. The lowest BCUT2D eigenvalue weighted by Crippen LogP contribution is -2.53. The molecule has 21 heavy (non-hydrogen) atoms. The summed E-state index contributed by atoms with van der Waals surface area (Å²) in [6, 6.07) is -0.239. The zero-order valence-corrected chi connectivity index (χ0v) is 13.4. The predicted octanol–water partition coefficient (Wildman–Crippen LogP) is 0.697. The number of carbonyl (C=O) groups excluding carboxylic acids is 1. The van der Waals surface area contributed by atoms with Gasteiger partial charge in [0.15, 0.2) is 0 Å². The van der Waals surface area contributed by atoms with E-state index in [0.717, 1.165) is 29.6 Å². The molecule has 1 aliphatic rings. The Labute approximate surface area is 129 Å². The van der Waals surface area contributed by atoms with Crippen LogP contribution in [0.5, 0.6) is 0 Å². The van der Waals surface area contributed by atoms with Crippen LogP contribution in [-0.4, -0.2) is 59.9 Å². The molecule has 2 heterocycles. The van der Waals surface area contributed by atoms with Crippen molar-refractivity contribution in [1.29, 1.82) is 0 Å². The van der Waals surface area contributed by atoms with E-state index in [0.29, 0.717) is 26.3 Å². The molecule has 0 aromatic carbocycles. The third-order valence-corrected chi connectivity index (χ3v) is 4.09. The van der Waals surface area contributed by atoms with Crippen LogP contribution < -0.4 is 10.6 Å². The molecule has 1 aromatic rings. The molecule has 2 N–H and O–H groups in total. The summed E-state index contributed by atoms with van der Waals surface area (Å²) in [4.78, 5) is 14.3. The molecule has 0 spiro atoms. The first-order valence-electron chi connectivity index (χ1n) is 7.40. The molecule has 0 bridgehead atoms. The van der Waals surface area contributed by atoms with Gasteiger partial charge in [0.1, 0.15) is 11.0 Å². The maximum absolute atomic E-state index is 12.2. The molecule has 8 heteroatoms. The van der Waals surface area contributed by atoms with Crippen LogP contribution in [0.3, 0.4) is 0 Å². The maximum Gasteiger partial charge on any atom is 0.239 e. The Bertz CT molecular complexity index is 454. The van der Waals surface area contributed by atoms with Gasteiger partial charge in [-0.15, -0.1) is 10.2 Å². The molecule has 7 nitrogen and oxygen atoms in total. The lowest BCUT2D eigenvalue weighted by Gasteiger charge is -2.33. The number of nitrogens with one attached hydrogen (secondary N) is 2. The van der Waals surface area contributed by atoms with E-state index in [9.17, 15) is 4.79 Å². The zero-order valence-electron chi connectivity index (χ0n) is 12.6. The molecule has 2 rings (SSSR count). The molecule has 1 aromatic heterocycles. The van der Waals surface area contributed by atoms with Gasteiger partial charge >= 0.3 is 0 Å². The van der Waals surface area contributed by atoms with Gasteiger partial charge in [-0.25, -0.2) is 0 Å². The predicted molar refractivity (Wildman–Crippen MR) is 82.4 cm³/mol. The van der Waals surface area contributed by atoms with Gasteiger partial charge in [0.25, 0.3) is 0 Å². The van der Waals surface area contributed by atoms with Crippen molar-refractivity contribution in [2.24, 2.45) is 0 Å². The Morgan fingerprint density at radius 1 is 1.48 bits per heavy atom. The van der Waals surface area contributed by atoms with Gasteiger partial charge < -0.3 is 15.4 Å². The SMILES string of the molecule is CCCNC(=O)C1COCCN1Cc1nnc(NCC)s1. The molecule has 1 atom stereocenters. The van der Waals surface area contributed by atoms with Crippen LogP contribution in [0.4, 0.5) is 5.13 Å². The van der Waals surface area contributed by atoms with E-state index < -0.39 is 0 Å². The molecule has 1 saturated heterocycles. The van der Waals surface area contributed by atoms with Crippen molar-refractivity contribution in [2.75, 3.05) is 38.2 Å². The Morgan fingerprint density at radius 2 is 2.33 bits per heavy atom. The zero-order chi connectivity index (χ0) is 15.1. The minimum absolute atomic E-state index is 0.0352. The lowest BCUT2D eigenvalue weighted by atomic mass is 10.2. The highest BCUT2D eigenvalue weighted by atomic mass is 32.1. The van der Waals surface area contributed by atoms with Crippen molar-refractivity contribution in [3.63, 3.8) is 0 Å². The first kappa shape index (κ1) is 16.1. The van der Waals surface area contributed by atoms with E-state index in [-0.39, 0.29) is 11.9 Å². The standard InChI is InChI=1S/C13H23N5O2S/c1-3-5-15-12(19)10-9-20-7-6-18(10)8-11-16-17-13(21-11)14-4-2/h10H,3-9H2,1-2H3,(H,14,17)(H,15,19). The molecule has 0 radical (unpaired) electrons. The number of anilines is 1. The number of hydrogen-bond donors (Lipinski definition) is 2. The highest BCUT2D eigenvalue weighted by molar-refractivity contribution is 7.15. The maximum atomic E-state index is 12.2. The molecular weight excluding hydrogens is 290 g/mol. The van der Waals surface area contributed by atoms with Crippen LogP contribution in [0.25, 0.3) is 0 Å². The van der Waals surface area contributed by atoms with Crippen molar-refractivity contribution in [2.45, 2.75) is 32.9 Å². The molecule has 0 saturated carbocycles. The van der Waals surface area contributed by atoms with Crippen molar-refractivity contribution < 1.29 is 9.53 Å². The van der Waals surface area contributed by atoms with E-state index in [4.69, 9.17) is 4.74 Å². The summed E-state index contributed by atoms with van der Waals surface area (Å²) >= 11 is 1.54. The summed E-state index contributed by atoms with van der Waals surface area (Å²) in [6.45, 7) is 8.05. The lowest BCUT2D eigenvalue weighted by molar-refractivity contribution is -0.132. The van der Waals surface area contributed by atoms with Crippen LogP contribution in [0, 0.1) is 0 Å². The number of ether oxygens (including phenoxy) is 1. The fraction of sp³-hybridized carbons (Fsp3) is 0.769. The molecular formula is C13H23N5O2S. The molecule has 1 unspecified atom stereocenters. The highest BCUT2D eigenvalue weighted by Gasteiger charge is 2.29. The fourth-order valence-electron chi connectivity index (χ4n) is 2.15. The van der Waals surface area contributed by atoms with Gasteiger partial charge in [-0.2, -0.15) is 0 Å². The minimum Gasteiger partial charge on any atom is -0.378 e. The van der Waals surface area contributed by atoms with Crippen molar-refractivity contribution in [1.82, 2.24) is 20.4 Å². The van der Waals surface area contributed by atoms with Crippen molar-refractivity contribution >= 4 is 22.4 Å². The third-order valence-electron chi connectivity index (χ3n) is 3.22. The van der Waals surface area contributed by atoms with Crippen LogP contribution >= 0.6 is 11.3 Å². The summed E-state index contributed by atoms with van der Waals surface area (Å²) in [5.74, 6) is 0.0352. The van der Waals surface area contributed by atoms with Gasteiger partial charge in [-0.1, -0.05) is 18.3 Å². The molecule has 1 fully saturated rings. The Hall–Kier alpha value is -1.25. The minimum atomic E-state index is -0.239. The first-order valence-corrected chi connectivity index (χ1v) is 8.22. The Balaban J connectivity index is 1.95. The topological polar surface area (TPSA) is 79.4 Å². The van der Waals surface area contributed by atoms with Gasteiger partial charge in [0, 0.05) is 19.6 Å². The number of carbonyl (C=O) groups is 1. The van der Waals surface area contributed by atoms with Crippen molar-refractivity contribution in [3.8, 4) is 0 Å². The fourth-order valence-corrected chi connectivity index (χ4v) is 2.98. The summed E-state index contributed by atoms with van der Waals surface area (Å²) < 4.78 is 5.45. The average Bonchev–Trinajstić information content (AvgIpc) is 2.93. The second-order valence-corrected chi connectivity index (χ2v) is 5.95. The number of hydrogen-bond acceptors (Lipinski definition) is 7. The average molecular weight is 313 g/mol. The number of nitrogens with zero attached hydrogens (tertiary/aromatic N) is 3. The monoisotopic (exact) mass is 313 g/mol. The van der Waals surface area contributed by atoms with E-state index >= 15 is 0 Å². The first-order chi connectivity index (χ1) is 10.2. The quantitative estimate of drug-likeness (QED) is 0.771. The molecule has 1 amide bonds. The van der Waals surface area contributed by atoms with Gasteiger partial charge in [-0.05, 0) is 13.3 Å². The van der Waals surface area contributed by atoms with E-state index in [1.807, 2.05) is 13.8 Å². The highest BCUT2D eigenvalue weighted by Crippen LogP contribution is 2.19. The van der Waals surface area contributed by atoms with Crippen LogP contribution in [0.2, 0.25) is 0 Å². The third kappa shape index (κ3) is 4.62. The summed E-state index contributed by atoms with van der Waals surface area (Å²) in [6.07, 6.45) is 0.932. The summed E-state index contributed by atoms with van der Waals surface area (Å²) in [5.41, 5.74) is 0. The Kier molecular flexibility index (Phi) is 6.34. The van der Waals surface area contributed by atoms with Crippen molar-refractivity contribution in [3.05, 3.63) is 5.01 Å². The largest absolute Gasteiger partial charge is 0.378 e. The second kappa shape index (κ2) is 8.26. The molecule has 0 aliphatic carbocycles. The summed E-state index contributed by atoms with van der Waals surface area (Å²) in [7, 11) is 0. The smallest absolute Gasteiger partial charge is 0.239 e. The number of rotatable bonds is 7. The van der Waals surface area contributed by atoms with Crippen LogP contribution in [0.1, 0.15) is 25.3 Å². The number of amides is 1. The normalized spacial score (nSPS) is 19.4. The van der Waals surface area contributed by atoms with Crippen LogP contribution in [-0.2, 0) is 16.1 Å². The molecule has 118 valence electrons. The van der Waals surface area contributed by atoms with Gasteiger partial charge in [-0.3, -0.25) is 9.69 Å². The van der Waals surface area contributed by atoms with E-state index in [1.54, 1.807) is 0 Å². The Morgan fingerprint density at radius 3 is 3.10 bits per heavy atom. The van der Waals surface area contributed by atoms with Gasteiger partial charge in [0.2, 0.25) is 11.0 Å². The van der Waals surface area contributed by atoms with Crippen LogP contribution in [0.15, 0.2) is 0 Å². The summed E-state index contributed by atoms with van der Waals surface area (Å²) in [5, 5.41) is 16.1. The molecule has 1 aliphatic heterocycles. The van der Waals surface area contributed by atoms with E-state index in [1.165, 1.54) is 11.3 Å². The van der Waals surface area contributed by atoms with Gasteiger partial charge in [0.05, 0.1) is 19.8 Å². The van der Waals surface area contributed by atoms with E-state index in [2.05, 4.69) is 25.7 Å². The number of morpholine rings is 1.